The smallest absolute Gasteiger partial charge is 0.147 e. The van der Waals surface area contributed by atoms with E-state index < -0.39 is 0 Å². The fourth-order valence-corrected chi connectivity index (χ4v) is 2.82. The largest absolute Gasteiger partial charge is 0.382 e. The quantitative estimate of drug-likeness (QED) is 0.858. The van der Waals surface area contributed by atoms with Crippen LogP contribution in [0, 0.1) is 5.92 Å². The van der Waals surface area contributed by atoms with Crippen molar-refractivity contribution >= 4 is 22.4 Å². The van der Waals surface area contributed by atoms with Gasteiger partial charge in [-0.25, -0.2) is 0 Å². The Hall–Kier alpha value is -1.55. The minimum absolute atomic E-state index is 0.410. The van der Waals surface area contributed by atoms with Crippen molar-refractivity contribution in [2.24, 2.45) is 5.92 Å². The number of anilines is 2. The summed E-state index contributed by atoms with van der Waals surface area (Å²) in [5.74, 6) is 1.22. The molecule has 0 fully saturated rings. The number of nitrogens with two attached hydrogens (primary N) is 1. The highest BCUT2D eigenvalue weighted by atomic mass is 32.1. The van der Waals surface area contributed by atoms with Crippen LogP contribution >= 0.6 is 11.5 Å². The van der Waals surface area contributed by atoms with E-state index >= 15 is 0 Å². The molecule has 0 saturated carbocycles. The van der Waals surface area contributed by atoms with Crippen molar-refractivity contribution in [1.82, 2.24) is 4.37 Å². The summed E-state index contributed by atoms with van der Waals surface area (Å²) in [4.78, 5) is 0. The lowest BCUT2D eigenvalue weighted by atomic mass is 10.0. The van der Waals surface area contributed by atoms with Gasteiger partial charge in [0.1, 0.15) is 10.8 Å². The average Bonchev–Trinajstić information content (AvgIpc) is 2.79. The van der Waals surface area contributed by atoms with Crippen LogP contribution in [0.25, 0.3) is 11.1 Å². The van der Waals surface area contributed by atoms with E-state index in [4.69, 9.17) is 5.73 Å². The lowest BCUT2D eigenvalue weighted by Gasteiger charge is -2.20. The summed E-state index contributed by atoms with van der Waals surface area (Å²) in [5, 5.41) is 4.62. The van der Waals surface area contributed by atoms with Gasteiger partial charge >= 0.3 is 0 Å². The van der Waals surface area contributed by atoms with Gasteiger partial charge in [0, 0.05) is 6.04 Å². The van der Waals surface area contributed by atoms with Crippen LogP contribution in [-0.4, -0.2) is 10.4 Å². The summed E-state index contributed by atoms with van der Waals surface area (Å²) < 4.78 is 4.29. The predicted molar refractivity (Wildman–Crippen MR) is 84.5 cm³/mol. The molecular weight excluding hydrogens is 254 g/mol. The number of nitrogens with zero attached hydrogens (tertiary/aromatic N) is 1. The van der Waals surface area contributed by atoms with Crippen molar-refractivity contribution in [3.63, 3.8) is 0 Å². The Morgan fingerprint density at radius 3 is 2.58 bits per heavy atom. The summed E-state index contributed by atoms with van der Waals surface area (Å²) in [6.07, 6.45) is 1.16. The number of rotatable bonds is 5. The third kappa shape index (κ3) is 3.07. The molecule has 1 aromatic heterocycles. The first-order valence-corrected chi connectivity index (χ1v) is 7.48. The van der Waals surface area contributed by atoms with E-state index in [2.05, 4.69) is 42.6 Å². The molecule has 2 aromatic rings. The second-order valence-corrected chi connectivity index (χ2v) is 5.73. The molecule has 19 heavy (non-hydrogen) atoms. The van der Waals surface area contributed by atoms with Gasteiger partial charge in [-0.15, -0.1) is 0 Å². The Morgan fingerprint density at radius 1 is 1.26 bits per heavy atom. The minimum Gasteiger partial charge on any atom is -0.382 e. The maximum Gasteiger partial charge on any atom is 0.147 e. The first-order valence-electron chi connectivity index (χ1n) is 6.70. The molecule has 4 heteroatoms. The minimum atomic E-state index is 0.410. The van der Waals surface area contributed by atoms with Crippen molar-refractivity contribution in [3.8, 4) is 11.1 Å². The highest BCUT2D eigenvalue weighted by Crippen LogP contribution is 2.37. The van der Waals surface area contributed by atoms with Crippen LogP contribution < -0.4 is 11.1 Å². The van der Waals surface area contributed by atoms with Gasteiger partial charge < -0.3 is 11.1 Å². The van der Waals surface area contributed by atoms with Crippen LogP contribution in [0.5, 0.6) is 0 Å². The molecule has 2 unspecified atom stereocenters. The summed E-state index contributed by atoms with van der Waals surface area (Å²) in [5.41, 5.74) is 8.16. The van der Waals surface area contributed by atoms with Gasteiger partial charge in [-0.3, -0.25) is 0 Å². The molecule has 0 amide bonds. The van der Waals surface area contributed by atoms with E-state index in [0.717, 1.165) is 22.5 Å². The molecule has 1 heterocycles. The van der Waals surface area contributed by atoms with E-state index in [-0.39, 0.29) is 0 Å². The first-order chi connectivity index (χ1) is 9.13. The molecule has 0 saturated heterocycles. The molecule has 3 N–H and O–H groups in total. The monoisotopic (exact) mass is 275 g/mol. The normalized spacial score (nSPS) is 14.1. The number of hydrogen-bond acceptors (Lipinski definition) is 4. The number of hydrogen-bond donors (Lipinski definition) is 2. The molecule has 2 atom stereocenters. The van der Waals surface area contributed by atoms with Gasteiger partial charge in [0.05, 0.1) is 5.56 Å². The van der Waals surface area contributed by atoms with E-state index in [1.807, 2.05) is 18.2 Å². The molecule has 2 rings (SSSR count). The number of nitrogen functional groups attached to an aromatic ring is 1. The lowest BCUT2D eigenvalue weighted by Crippen LogP contribution is -2.22. The summed E-state index contributed by atoms with van der Waals surface area (Å²) >= 11 is 1.44. The van der Waals surface area contributed by atoms with Crippen LogP contribution in [0.2, 0.25) is 0 Å². The van der Waals surface area contributed by atoms with E-state index in [9.17, 15) is 0 Å². The third-order valence-corrected chi connectivity index (χ3v) is 4.43. The number of aromatic nitrogens is 1. The topological polar surface area (TPSA) is 50.9 Å². The SMILES string of the molecule is CCC(C)C(C)Nc1snc(N)c1-c1ccccc1. The molecule has 3 nitrogen and oxygen atoms in total. The van der Waals surface area contributed by atoms with E-state index in [0.29, 0.717) is 17.8 Å². The maximum absolute atomic E-state index is 6.02. The van der Waals surface area contributed by atoms with Crippen LogP contribution in [0.4, 0.5) is 10.8 Å². The molecule has 0 aliphatic rings. The predicted octanol–water partition coefficient (Wildman–Crippen LogP) is 4.24. The fourth-order valence-electron chi connectivity index (χ4n) is 1.99. The Balaban J connectivity index is 2.28. The Bertz CT molecular complexity index is 521. The van der Waals surface area contributed by atoms with E-state index in [1.165, 1.54) is 11.5 Å². The van der Waals surface area contributed by atoms with Gasteiger partial charge in [0.25, 0.3) is 0 Å². The second-order valence-electron chi connectivity index (χ2n) is 4.96. The maximum atomic E-state index is 6.02. The zero-order valence-corrected chi connectivity index (χ0v) is 12.5. The Kier molecular flexibility index (Phi) is 4.43. The van der Waals surface area contributed by atoms with Gasteiger partial charge in [-0.2, -0.15) is 4.37 Å². The molecule has 0 bridgehead atoms. The van der Waals surface area contributed by atoms with Crippen molar-refractivity contribution in [2.45, 2.75) is 33.2 Å². The molecule has 0 radical (unpaired) electrons. The standard InChI is InChI=1S/C15H21N3S/c1-4-10(2)11(3)17-15-13(14(16)18-19-15)12-8-6-5-7-9-12/h5-11,17H,4H2,1-3H3,(H2,16,18). The molecule has 0 spiro atoms. The zero-order valence-electron chi connectivity index (χ0n) is 11.7. The molecule has 1 aromatic carbocycles. The molecule has 0 aliphatic carbocycles. The number of benzene rings is 1. The van der Waals surface area contributed by atoms with Crippen LogP contribution in [0.3, 0.4) is 0 Å². The van der Waals surface area contributed by atoms with Crippen molar-refractivity contribution in [2.75, 3.05) is 11.1 Å². The van der Waals surface area contributed by atoms with E-state index in [1.54, 1.807) is 0 Å². The fraction of sp³-hybridized carbons (Fsp3) is 0.400. The average molecular weight is 275 g/mol. The van der Waals surface area contributed by atoms with Crippen LogP contribution in [-0.2, 0) is 0 Å². The highest BCUT2D eigenvalue weighted by Gasteiger charge is 2.17. The second kappa shape index (κ2) is 6.06. The summed E-state index contributed by atoms with van der Waals surface area (Å²) in [6.45, 7) is 6.67. The van der Waals surface area contributed by atoms with Gasteiger partial charge in [-0.1, -0.05) is 50.6 Å². The molecule has 102 valence electrons. The first kappa shape index (κ1) is 13.9. The lowest BCUT2D eigenvalue weighted by molar-refractivity contribution is 0.495. The zero-order chi connectivity index (χ0) is 13.8. The van der Waals surface area contributed by atoms with Crippen molar-refractivity contribution < 1.29 is 0 Å². The van der Waals surface area contributed by atoms with Crippen molar-refractivity contribution in [1.29, 1.82) is 0 Å². The summed E-state index contributed by atoms with van der Waals surface area (Å²) in [7, 11) is 0. The van der Waals surface area contributed by atoms with Gasteiger partial charge in [0.2, 0.25) is 0 Å². The Morgan fingerprint density at radius 2 is 1.95 bits per heavy atom. The van der Waals surface area contributed by atoms with Gasteiger partial charge in [0.15, 0.2) is 0 Å². The third-order valence-electron chi connectivity index (χ3n) is 3.64. The molecular formula is C15H21N3S. The molecule has 0 aliphatic heterocycles. The highest BCUT2D eigenvalue weighted by molar-refractivity contribution is 7.11. The van der Waals surface area contributed by atoms with Crippen LogP contribution in [0.15, 0.2) is 30.3 Å². The van der Waals surface area contributed by atoms with Crippen molar-refractivity contribution in [3.05, 3.63) is 30.3 Å². The number of nitrogens with one attached hydrogen (secondary N) is 1. The van der Waals surface area contributed by atoms with Crippen LogP contribution in [0.1, 0.15) is 27.2 Å². The Labute approximate surface area is 119 Å². The summed E-state index contributed by atoms with van der Waals surface area (Å²) in [6, 6.07) is 10.6. The van der Waals surface area contributed by atoms with Gasteiger partial charge in [-0.05, 0) is 29.9 Å².